The lowest BCUT2D eigenvalue weighted by Crippen LogP contribution is -2.30. The minimum atomic E-state index is -4.53. The number of anilines is 2. The molecule has 0 spiro atoms. The predicted molar refractivity (Wildman–Crippen MR) is 114 cm³/mol. The van der Waals surface area contributed by atoms with E-state index in [1.54, 1.807) is 6.20 Å². The molecule has 0 amide bonds. The summed E-state index contributed by atoms with van der Waals surface area (Å²) in [7, 11) is 0. The van der Waals surface area contributed by atoms with Crippen LogP contribution in [0.15, 0.2) is 36.7 Å². The fourth-order valence-electron chi connectivity index (χ4n) is 3.78. The van der Waals surface area contributed by atoms with E-state index < -0.39 is 17.5 Å². The molecule has 0 saturated heterocycles. The zero-order valence-electron chi connectivity index (χ0n) is 17.2. The van der Waals surface area contributed by atoms with Gasteiger partial charge in [-0.3, -0.25) is 0 Å². The van der Waals surface area contributed by atoms with Crippen LogP contribution in [-0.4, -0.2) is 20.1 Å². The summed E-state index contributed by atoms with van der Waals surface area (Å²) in [4.78, 5) is 12.8. The largest absolute Gasteiger partial charge is 0.433 e. The molecule has 0 unspecified atom stereocenters. The van der Waals surface area contributed by atoms with E-state index in [9.17, 15) is 18.3 Å². The highest BCUT2D eigenvalue weighted by molar-refractivity contribution is 7.15. The Morgan fingerprint density at radius 2 is 1.90 bits per heavy atom. The van der Waals surface area contributed by atoms with Crippen molar-refractivity contribution < 1.29 is 18.3 Å². The standard InChI is InChI=1S/C22H23F3N4OS/c1-13-3-6-21(30,7-4-13)19-27-12-17(31-19)15-9-14(2)10-16(11-15)28-20-26-8-5-18(29-20)22(23,24)25/h5,8-13,30H,3-4,6-7H2,1-2H3,(H,26,28,29)/t13-,21+. The third kappa shape index (κ3) is 4.88. The first kappa shape index (κ1) is 21.7. The highest BCUT2D eigenvalue weighted by Gasteiger charge is 2.36. The van der Waals surface area contributed by atoms with Crippen LogP contribution in [0.5, 0.6) is 0 Å². The van der Waals surface area contributed by atoms with E-state index in [4.69, 9.17) is 0 Å². The second kappa shape index (κ2) is 8.20. The van der Waals surface area contributed by atoms with Crippen molar-refractivity contribution in [3.8, 4) is 10.4 Å². The molecule has 9 heteroatoms. The molecule has 2 aromatic heterocycles. The van der Waals surface area contributed by atoms with Crippen LogP contribution >= 0.6 is 11.3 Å². The number of halogens is 3. The summed E-state index contributed by atoms with van der Waals surface area (Å²) in [5, 5.41) is 14.6. The van der Waals surface area contributed by atoms with Crippen molar-refractivity contribution in [1.29, 1.82) is 0 Å². The molecule has 0 radical (unpaired) electrons. The Kier molecular flexibility index (Phi) is 5.74. The zero-order chi connectivity index (χ0) is 22.2. The van der Waals surface area contributed by atoms with Crippen LogP contribution in [0.3, 0.4) is 0 Å². The molecule has 5 nitrogen and oxygen atoms in total. The number of rotatable bonds is 4. The molecular weight excluding hydrogens is 425 g/mol. The summed E-state index contributed by atoms with van der Waals surface area (Å²) >= 11 is 1.45. The lowest BCUT2D eigenvalue weighted by Gasteiger charge is -2.33. The summed E-state index contributed by atoms with van der Waals surface area (Å²) < 4.78 is 38.8. The summed E-state index contributed by atoms with van der Waals surface area (Å²) in [6.45, 7) is 4.10. The molecule has 2 N–H and O–H groups in total. The van der Waals surface area contributed by atoms with Crippen molar-refractivity contribution in [3.63, 3.8) is 0 Å². The molecule has 3 aromatic rings. The monoisotopic (exact) mass is 448 g/mol. The molecular formula is C22H23F3N4OS. The molecule has 0 atom stereocenters. The van der Waals surface area contributed by atoms with Crippen LogP contribution in [-0.2, 0) is 11.8 Å². The highest BCUT2D eigenvalue weighted by atomic mass is 32.1. The predicted octanol–water partition coefficient (Wildman–Crippen LogP) is 6.07. The molecule has 2 heterocycles. The highest BCUT2D eigenvalue weighted by Crippen LogP contribution is 2.42. The SMILES string of the molecule is Cc1cc(Nc2nccc(C(F)(F)F)n2)cc(-c2cnc([C@]3(O)CC[C@@H](C)CC3)s2)c1. The number of aromatic nitrogens is 3. The maximum absolute atomic E-state index is 12.9. The Balaban J connectivity index is 1.59. The molecule has 1 saturated carbocycles. The Hall–Kier alpha value is -2.52. The molecule has 1 aliphatic carbocycles. The molecule has 164 valence electrons. The molecule has 31 heavy (non-hydrogen) atoms. The topological polar surface area (TPSA) is 70.9 Å². The molecule has 1 aliphatic rings. The maximum Gasteiger partial charge on any atom is 0.433 e. The van der Waals surface area contributed by atoms with Crippen LogP contribution in [0.1, 0.15) is 48.9 Å². The van der Waals surface area contributed by atoms with Crippen molar-refractivity contribution in [2.24, 2.45) is 5.92 Å². The first-order valence-electron chi connectivity index (χ1n) is 10.1. The molecule has 0 aliphatic heterocycles. The van der Waals surface area contributed by atoms with Gasteiger partial charge in [-0.15, -0.1) is 11.3 Å². The van der Waals surface area contributed by atoms with Gasteiger partial charge in [0.15, 0.2) is 0 Å². The van der Waals surface area contributed by atoms with Gasteiger partial charge in [0.1, 0.15) is 16.3 Å². The van der Waals surface area contributed by atoms with Gasteiger partial charge in [0, 0.05) is 18.1 Å². The average molecular weight is 449 g/mol. The lowest BCUT2D eigenvalue weighted by molar-refractivity contribution is -0.141. The van der Waals surface area contributed by atoms with Crippen LogP contribution in [0.25, 0.3) is 10.4 Å². The molecule has 4 rings (SSSR count). The van der Waals surface area contributed by atoms with Crippen molar-refractivity contribution >= 4 is 23.0 Å². The molecule has 1 fully saturated rings. The number of thiazole rings is 1. The summed E-state index contributed by atoms with van der Waals surface area (Å²) in [5.41, 5.74) is 0.485. The first-order chi connectivity index (χ1) is 14.6. The van der Waals surface area contributed by atoms with E-state index in [1.807, 2.05) is 25.1 Å². The number of alkyl halides is 3. The second-order valence-electron chi connectivity index (χ2n) is 8.22. The van der Waals surface area contributed by atoms with Gasteiger partial charge < -0.3 is 10.4 Å². The number of aryl methyl sites for hydroxylation is 1. The lowest BCUT2D eigenvalue weighted by atomic mass is 9.80. The van der Waals surface area contributed by atoms with E-state index in [0.717, 1.165) is 41.1 Å². The third-order valence-electron chi connectivity index (χ3n) is 5.57. The average Bonchev–Trinajstić information content (AvgIpc) is 3.21. The Morgan fingerprint density at radius 3 is 2.61 bits per heavy atom. The number of nitrogens with zero attached hydrogens (tertiary/aromatic N) is 3. The first-order valence-corrected chi connectivity index (χ1v) is 10.9. The van der Waals surface area contributed by atoms with Crippen LogP contribution < -0.4 is 5.32 Å². The smallest absolute Gasteiger partial charge is 0.383 e. The maximum atomic E-state index is 12.9. The second-order valence-corrected chi connectivity index (χ2v) is 9.25. The normalized spacial score (nSPS) is 21.8. The van der Waals surface area contributed by atoms with Gasteiger partial charge in [-0.25, -0.2) is 15.0 Å². The van der Waals surface area contributed by atoms with Gasteiger partial charge in [0.2, 0.25) is 5.95 Å². The van der Waals surface area contributed by atoms with Crippen molar-refractivity contribution in [1.82, 2.24) is 15.0 Å². The summed E-state index contributed by atoms with van der Waals surface area (Å²) in [6.07, 6.45) is 1.64. The minimum absolute atomic E-state index is 0.123. The number of nitrogens with one attached hydrogen (secondary N) is 1. The van der Waals surface area contributed by atoms with Crippen molar-refractivity contribution in [3.05, 3.63) is 52.9 Å². The Labute approximate surface area is 182 Å². The Morgan fingerprint density at radius 1 is 1.16 bits per heavy atom. The molecule has 1 aromatic carbocycles. The zero-order valence-corrected chi connectivity index (χ0v) is 18.0. The van der Waals surface area contributed by atoms with Gasteiger partial charge in [-0.1, -0.05) is 13.0 Å². The van der Waals surface area contributed by atoms with Crippen molar-refractivity contribution in [2.45, 2.75) is 51.3 Å². The third-order valence-corrected chi connectivity index (χ3v) is 6.81. The van der Waals surface area contributed by atoms with Crippen LogP contribution in [0.2, 0.25) is 0 Å². The van der Waals surface area contributed by atoms with Gasteiger partial charge in [0.05, 0.1) is 4.88 Å². The van der Waals surface area contributed by atoms with E-state index in [1.165, 1.54) is 11.3 Å². The van der Waals surface area contributed by atoms with Crippen LogP contribution in [0.4, 0.5) is 24.8 Å². The number of hydrogen-bond acceptors (Lipinski definition) is 6. The van der Waals surface area contributed by atoms with E-state index in [0.29, 0.717) is 29.5 Å². The minimum Gasteiger partial charge on any atom is -0.383 e. The van der Waals surface area contributed by atoms with Crippen LogP contribution in [0, 0.1) is 12.8 Å². The summed E-state index contributed by atoms with van der Waals surface area (Å²) in [6, 6.07) is 6.44. The number of aliphatic hydroxyl groups is 1. The summed E-state index contributed by atoms with van der Waals surface area (Å²) in [5.74, 6) is 0.491. The van der Waals surface area contributed by atoms with Gasteiger partial charge in [0.25, 0.3) is 0 Å². The molecule has 0 bridgehead atoms. The van der Waals surface area contributed by atoms with E-state index in [2.05, 4.69) is 27.2 Å². The fourth-order valence-corrected chi connectivity index (χ4v) is 4.83. The fraction of sp³-hybridized carbons (Fsp3) is 0.409. The van der Waals surface area contributed by atoms with Gasteiger partial charge in [-0.05, 0) is 67.9 Å². The number of benzene rings is 1. The quantitative estimate of drug-likeness (QED) is 0.507. The van der Waals surface area contributed by atoms with E-state index in [-0.39, 0.29) is 5.95 Å². The van der Waals surface area contributed by atoms with Gasteiger partial charge >= 0.3 is 6.18 Å². The van der Waals surface area contributed by atoms with E-state index >= 15 is 0 Å². The van der Waals surface area contributed by atoms with Crippen molar-refractivity contribution in [2.75, 3.05) is 5.32 Å². The van der Waals surface area contributed by atoms with Gasteiger partial charge in [-0.2, -0.15) is 13.2 Å². The number of hydrogen-bond donors (Lipinski definition) is 2. The Bertz CT molecular complexity index is 1070.